The summed E-state index contributed by atoms with van der Waals surface area (Å²) in [5.74, 6) is 1.46. The summed E-state index contributed by atoms with van der Waals surface area (Å²) < 4.78 is 15.7. The fraction of sp³-hybridized carbons (Fsp3) is 0.368. The van der Waals surface area contributed by atoms with E-state index in [4.69, 9.17) is 13.9 Å². The molecule has 1 atom stereocenters. The quantitative estimate of drug-likeness (QED) is 0.794. The van der Waals surface area contributed by atoms with Gasteiger partial charge in [0.2, 0.25) is 12.7 Å². The van der Waals surface area contributed by atoms with Crippen LogP contribution in [0.25, 0.3) is 0 Å². The van der Waals surface area contributed by atoms with Gasteiger partial charge < -0.3 is 24.5 Å². The number of benzene rings is 1. The highest BCUT2D eigenvalue weighted by Crippen LogP contribution is 2.32. The van der Waals surface area contributed by atoms with Gasteiger partial charge in [-0.3, -0.25) is 9.59 Å². The van der Waals surface area contributed by atoms with Crippen LogP contribution >= 0.6 is 0 Å². The zero-order chi connectivity index (χ0) is 18.5. The summed E-state index contributed by atoms with van der Waals surface area (Å²) in [6.07, 6.45) is 2.08. The Hall–Kier alpha value is -2.96. The van der Waals surface area contributed by atoms with Crippen LogP contribution in [0.15, 0.2) is 41.0 Å². The summed E-state index contributed by atoms with van der Waals surface area (Å²) in [4.78, 5) is 25.1. The fourth-order valence-electron chi connectivity index (χ4n) is 2.69. The van der Waals surface area contributed by atoms with E-state index < -0.39 is 6.04 Å². The van der Waals surface area contributed by atoms with Gasteiger partial charge in [-0.25, -0.2) is 0 Å². The molecule has 2 aromatic rings. The SMILES string of the molecule is CC(C)C[C@@H](NC(=O)c1ccc2c(c1)OCO2)C(=O)NCc1ccco1. The number of furan rings is 1. The first-order valence-corrected chi connectivity index (χ1v) is 8.53. The smallest absolute Gasteiger partial charge is 0.252 e. The van der Waals surface area contributed by atoms with Crippen LogP contribution in [0.4, 0.5) is 0 Å². The molecule has 2 heterocycles. The lowest BCUT2D eigenvalue weighted by Gasteiger charge is -2.20. The van der Waals surface area contributed by atoms with Gasteiger partial charge in [0.05, 0.1) is 12.8 Å². The van der Waals surface area contributed by atoms with Crippen LogP contribution in [0, 0.1) is 5.92 Å². The van der Waals surface area contributed by atoms with Gasteiger partial charge in [0.1, 0.15) is 11.8 Å². The van der Waals surface area contributed by atoms with Crippen molar-refractivity contribution in [3.63, 3.8) is 0 Å². The van der Waals surface area contributed by atoms with E-state index in [0.717, 1.165) is 0 Å². The lowest BCUT2D eigenvalue weighted by atomic mass is 10.0. The number of ether oxygens (including phenoxy) is 2. The standard InChI is InChI=1S/C19H22N2O5/c1-12(2)8-15(19(23)20-10-14-4-3-7-24-14)21-18(22)13-5-6-16-17(9-13)26-11-25-16/h3-7,9,12,15H,8,10-11H2,1-2H3,(H,20,23)(H,21,22)/t15-/m1/s1. The summed E-state index contributed by atoms with van der Waals surface area (Å²) >= 11 is 0. The van der Waals surface area contributed by atoms with E-state index in [9.17, 15) is 9.59 Å². The van der Waals surface area contributed by atoms with Crippen LogP contribution in [0.5, 0.6) is 11.5 Å². The molecule has 0 bridgehead atoms. The van der Waals surface area contributed by atoms with Crippen molar-refractivity contribution in [1.29, 1.82) is 0 Å². The van der Waals surface area contributed by atoms with Crippen LogP contribution in [0.3, 0.4) is 0 Å². The van der Waals surface area contributed by atoms with Gasteiger partial charge in [-0.15, -0.1) is 0 Å². The first kappa shape index (κ1) is 17.8. The summed E-state index contributed by atoms with van der Waals surface area (Å²) in [5.41, 5.74) is 0.418. The Bertz CT molecular complexity index is 770. The molecule has 7 nitrogen and oxygen atoms in total. The van der Waals surface area contributed by atoms with E-state index in [-0.39, 0.29) is 31.1 Å². The second kappa shape index (κ2) is 7.95. The predicted octanol–water partition coefficient (Wildman–Crippen LogP) is 2.47. The largest absolute Gasteiger partial charge is 0.467 e. The topological polar surface area (TPSA) is 89.8 Å². The van der Waals surface area contributed by atoms with Crippen LogP contribution in [0.1, 0.15) is 36.4 Å². The maximum Gasteiger partial charge on any atom is 0.252 e. The number of hydrogen-bond donors (Lipinski definition) is 2. The van der Waals surface area contributed by atoms with Crippen molar-refractivity contribution in [3.8, 4) is 11.5 Å². The van der Waals surface area contributed by atoms with Crippen LogP contribution in [0.2, 0.25) is 0 Å². The fourth-order valence-corrected chi connectivity index (χ4v) is 2.69. The van der Waals surface area contributed by atoms with Crippen molar-refractivity contribution in [2.24, 2.45) is 5.92 Å². The minimum absolute atomic E-state index is 0.144. The Morgan fingerprint density at radius 2 is 1.96 bits per heavy atom. The maximum absolute atomic E-state index is 12.6. The summed E-state index contributed by atoms with van der Waals surface area (Å²) in [6, 6.07) is 7.85. The minimum Gasteiger partial charge on any atom is -0.467 e. The van der Waals surface area contributed by atoms with Crippen molar-refractivity contribution in [1.82, 2.24) is 10.6 Å². The van der Waals surface area contributed by atoms with Gasteiger partial charge in [-0.2, -0.15) is 0 Å². The van der Waals surface area contributed by atoms with E-state index in [1.54, 1.807) is 36.6 Å². The zero-order valence-corrected chi connectivity index (χ0v) is 14.8. The van der Waals surface area contributed by atoms with Crippen LogP contribution in [-0.4, -0.2) is 24.6 Å². The highest BCUT2D eigenvalue weighted by Gasteiger charge is 2.24. The molecule has 1 aliphatic heterocycles. The summed E-state index contributed by atoms with van der Waals surface area (Å²) in [7, 11) is 0. The summed E-state index contributed by atoms with van der Waals surface area (Å²) in [5, 5.41) is 5.60. The van der Waals surface area contributed by atoms with Gasteiger partial charge in [-0.1, -0.05) is 13.8 Å². The molecule has 7 heteroatoms. The monoisotopic (exact) mass is 358 g/mol. The zero-order valence-electron chi connectivity index (χ0n) is 14.8. The molecule has 0 aliphatic carbocycles. The molecule has 0 spiro atoms. The maximum atomic E-state index is 12.6. The Labute approximate surface area is 151 Å². The Morgan fingerprint density at radius 3 is 2.69 bits per heavy atom. The molecule has 0 unspecified atom stereocenters. The molecule has 3 rings (SSSR count). The Kier molecular flexibility index (Phi) is 5.46. The van der Waals surface area contributed by atoms with Gasteiger partial charge >= 0.3 is 0 Å². The first-order valence-electron chi connectivity index (χ1n) is 8.53. The molecule has 1 aromatic carbocycles. The molecule has 1 aliphatic rings. The molecular formula is C19H22N2O5. The lowest BCUT2D eigenvalue weighted by molar-refractivity contribution is -0.123. The second-order valence-corrected chi connectivity index (χ2v) is 6.52. The van der Waals surface area contributed by atoms with Crippen molar-refractivity contribution >= 4 is 11.8 Å². The van der Waals surface area contributed by atoms with Gasteiger partial charge in [-0.05, 0) is 42.7 Å². The second-order valence-electron chi connectivity index (χ2n) is 6.52. The molecule has 26 heavy (non-hydrogen) atoms. The van der Waals surface area contributed by atoms with Gasteiger partial charge in [0.15, 0.2) is 11.5 Å². The number of carbonyl (C=O) groups is 2. The van der Waals surface area contributed by atoms with Crippen LogP contribution in [-0.2, 0) is 11.3 Å². The predicted molar refractivity (Wildman–Crippen MR) is 93.8 cm³/mol. The third-order valence-electron chi connectivity index (χ3n) is 3.98. The molecule has 0 saturated carbocycles. The average Bonchev–Trinajstić information content (AvgIpc) is 3.29. The number of amides is 2. The van der Waals surface area contributed by atoms with Crippen molar-refractivity contribution in [3.05, 3.63) is 47.9 Å². The Balaban J connectivity index is 1.65. The number of fused-ring (bicyclic) bond motifs is 1. The summed E-state index contributed by atoms with van der Waals surface area (Å²) in [6.45, 7) is 4.42. The van der Waals surface area contributed by atoms with Crippen molar-refractivity contribution in [2.45, 2.75) is 32.9 Å². The van der Waals surface area contributed by atoms with Gasteiger partial charge in [0, 0.05) is 5.56 Å². The molecule has 138 valence electrons. The average molecular weight is 358 g/mol. The normalized spacial score (nSPS) is 13.5. The van der Waals surface area contributed by atoms with E-state index >= 15 is 0 Å². The Morgan fingerprint density at radius 1 is 1.15 bits per heavy atom. The highest BCUT2D eigenvalue weighted by molar-refractivity contribution is 5.98. The van der Waals surface area contributed by atoms with Gasteiger partial charge in [0.25, 0.3) is 5.91 Å². The third-order valence-corrected chi connectivity index (χ3v) is 3.98. The molecule has 2 amide bonds. The highest BCUT2D eigenvalue weighted by atomic mass is 16.7. The minimum atomic E-state index is -0.636. The third kappa shape index (κ3) is 4.36. The van der Waals surface area contributed by atoms with E-state index in [2.05, 4.69) is 10.6 Å². The molecule has 2 N–H and O–H groups in total. The number of nitrogens with one attached hydrogen (secondary N) is 2. The molecule has 0 fully saturated rings. The van der Waals surface area contributed by atoms with Crippen molar-refractivity contribution < 1.29 is 23.5 Å². The molecule has 0 saturated heterocycles. The van der Waals surface area contributed by atoms with E-state index in [1.165, 1.54) is 0 Å². The number of carbonyl (C=O) groups excluding carboxylic acids is 2. The number of hydrogen-bond acceptors (Lipinski definition) is 5. The number of rotatable bonds is 7. The van der Waals surface area contributed by atoms with E-state index in [0.29, 0.717) is 29.2 Å². The first-order chi connectivity index (χ1) is 12.5. The molecular weight excluding hydrogens is 336 g/mol. The van der Waals surface area contributed by atoms with E-state index in [1.807, 2.05) is 13.8 Å². The molecule has 0 radical (unpaired) electrons. The lowest BCUT2D eigenvalue weighted by Crippen LogP contribution is -2.47. The van der Waals surface area contributed by atoms with Crippen molar-refractivity contribution in [2.75, 3.05) is 6.79 Å². The van der Waals surface area contributed by atoms with Crippen LogP contribution < -0.4 is 20.1 Å². The molecule has 1 aromatic heterocycles.